The van der Waals surface area contributed by atoms with Crippen molar-refractivity contribution in [3.63, 3.8) is 0 Å². The lowest BCUT2D eigenvalue weighted by Gasteiger charge is -2.30. The van der Waals surface area contributed by atoms with Crippen LogP contribution in [0.15, 0.2) is 15.6 Å². The maximum Gasteiger partial charge on any atom is 0.272 e. The minimum atomic E-state index is -0.795. The lowest BCUT2D eigenvalue weighted by molar-refractivity contribution is -0.134. The summed E-state index contributed by atoms with van der Waals surface area (Å²) in [5.41, 5.74) is -0.0810. The molecular formula is C18H26N4O4. The van der Waals surface area contributed by atoms with Gasteiger partial charge in [0.1, 0.15) is 23.1 Å². The minimum absolute atomic E-state index is 0.00945. The summed E-state index contributed by atoms with van der Waals surface area (Å²) in [5.74, 6) is 0.0212. The number of nitrogens with zero attached hydrogens (tertiary/aromatic N) is 3. The summed E-state index contributed by atoms with van der Waals surface area (Å²) in [6.07, 6.45) is -0.308. The second kappa shape index (κ2) is 6.50. The van der Waals surface area contributed by atoms with Gasteiger partial charge >= 0.3 is 0 Å². The summed E-state index contributed by atoms with van der Waals surface area (Å²) in [6, 6.07) is 1.32. The third-order valence-corrected chi connectivity index (χ3v) is 4.96. The van der Waals surface area contributed by atoms with Crippen molar-refractivity contribution in [2.45, 2.75) is 64.6 Å². The molecule has 3 heterocycles. The van der Waals surface area contributed by atoms with Crippen LogP contribution in [0, 0.1) is 12.8 Å². The van der Waals surface area contributed by atoms with Crippen LogP contribution in [0.2, 0.25) is 0 Å². The molecule has 0 spiro atoms. The first kappa shape index (κ1) is 18.6. The van der Waals surface area contributed by atoms with Crippen LogP contribution < -0.4 is 5.32 Å². The zero-order valence-electron chi connectivity index (χ0n) is 15.8. The molecule has 1 fully saturated rings. The number of hydrogen-bond donors (Lipinski definition) is 2. The molecule has 1 aromatic heterocycles. The highest BCUT2D eigenvalue weighted by Gasteiger charge is 2.46. The fraction of sp³-hybridized carbons (Fsp3) is 0.667. The second-order valence-electron chi connectivity index (χ2n) is 8.04. The number of nitrogens with one attached hydrogen (secondary N) is 1. The Bertz CT molecular complexity index is 752. The molecule has 0 saturated carbocycles. The number of likely N-dealkylation sites (tertiary alicyclic amines) is 1. The van der Waals surface area contributed by atoms with Gasteiger partial charge in [-0.15, -0.1) is 0 Å². The summed E-state index contributed by atoms with van der Waals surface area (Å²) in [4.78, 5) is 31.1. The molecule has 3 rings (SSSR count). The second-order valence-corrected chi connectivity index (χ2v) is 8.04. The van der Waals surface area contributed by atoms with E-state index in [1.165, 1.54) is 0 Å². The minimum Gasteiger partial charge on any atom is -0.391 e. The molecule has 26 heavy (non-hydrogen) atoms. The predicted octanol–water partition coefficient (Wildman–Crippen LogP) is 0.991. The molecule has 0 aromatic carbocycles. The van der Waals surface area contributed by atoms with E-state index >= 15 is 0 Å². The number of carbonyl (C=O) groups excluding carboxylic acids is 2. The number of carbonyl (C=O) groups is 2. The third kappa shape index (κ3) is 3.25. The number of hydrogen-bond acceptors (Lipinski definition) is 6. The maximum absolute atomic E-state index is 13.3. The first-order valence-electron chi connectivity index (χ1n) is 8.93. The predicted molar refractivity (Wildman–Crippen MR) is 94.6 cm³/mol. The number of aliphatic hydroxyl groups is 1. The van der Waals surface area contributed by atoms with E-state index in [9.17, 15) is 14.7 Å². The van der Waals surface area contributed by atoms with Gasteiger partial charge in [0.25, 0.3) is 5.91 Å². The fourth-order valence-corrected chi connectivity index (χ4v) is 3.57. The summed E-state index contributed by atoms with van der Waals surface area (Å²) >= 11 is 0. The molecule has 2 aliphatic rings. The summed E-state index contributed by atoms with van der Waals surface area (Å²) in [6.45, 7) is 9.40. The van der Waals surface area contributed by atoms with Crippen LogP contribution in [0.3, 0.4) is 0 Å². The van der Waals surface area contributed by atoms with Crippen molar-refractivity contribution in [1.82, 2.24) is 15.4 Å². The Morgan fingerprint density at radius 2 is 2.15 bits per heavy atom. The number of aromatic nitrogens is 1. The van der Waals surface area contributed by atoms with E-state index in [-0.39, 0.29) is 24.3 Å². The van der Waals surface area contributed by atoms with Crippen molar-refractivity contribution >= 4 is 17.6 Å². The van der Waals surface area contributed by atoms with Crippen molar-refractivity contribution in [1.29, 1.82) is 0 Å². The quantitative estimate of drug-likeness (QED) is 0.827. The molecule has 0 radical (unpaired) electrons. The Kier molecular flexibility index (Phi) is 4.64. The van der Waals surface area contributed by atoms with Crippen LogP contribution in [-0.2, 0) is 9.59 Å². The molecule has 142 valence electrons. The highest BCUT2D eigenvalue weighted by atomic mass is 16.5. The fourth-order valence-electron chi connectivity index (χ4n) is 3.57. The maximum atomic E-state index is 13.3. The number of rotatable bonds is 4. The van der Waals surface area contributed by atoms with Gasteiger partial charge in [0, 0.05) is 19.0 Å². The van der Waals surface area contributed by atoms with E-state index in [2.05, 4.69) is 15.5 Å². The molecule has 8 nitrogen and oxygen atoms in total. The van der Waals surface area contributed by atoms with Crippen LogP contribution in [-0.4, -0.2) is 57.0 Å². The van der Waals surface area contributed by atoms with Crippen molar-refractivity contribution in [3.05, 3.63) is 17.5 Å². The molecule has 3 atom stereocenters. The molecule has 1 saturated heterocycles. The van der Waals surface area contributed by atoms with Gasteiger partial charge in [-0.3, -0.25) is 9.59 Å². The summed E-state index contributed by atoms with van der Waals surface area (Å²) in [5, 5.41) is 17.2. The van der Waals surface area contributed by atoms with Crippen LogP contribution in [0.5, 0.6) is 0 Å². The lowest BCUT2D eigenvalue weighted by atomic mass is 9.91. The van der Waals surface area contributed by atoms with Gasteiger partial charge in [-0.1, -0.05) is 19.0 Å². The van der Waals surface area contributed by atoms with Gasteiger partial charge in [0.05, 0.1) is 17.8 Å². The molecule has 0 bridgehead atoms. The summed E-state index contributed by atoms with van der Waals surface area (Å²) in [7, 11) is 0. The largest absolute Gasteiger partial charge is 0.391 e. The SMILES string of the molecule is Cc1cc([C@H](C(=O)N2C[C@H](O)C[C@@H]2C2=NC(=O)C(C)(C)N2)C(C)C)on1. The standard InChI is InChI=1S/C18H26N4O4/c1-9(2)14(13-6-10(3)21-26-13)16(24)22-8-11(23)7-12(22)15-19-17(25)18(4,5)20-15/h6,9,11-12,14,23H,7-8H2,1-5H3,(H,19,20,25)/t11-,12-,14-/m1/s1. The zero-order chi connectivity index (χ0) is 19.2. The van der Waals surface area contributed by atoms with Gasteiger partial charge in [0.15, 0.2) is 0 Å². The van der Waals surface area contributed by atoms with E-state index in [1.807, 2.05) is 20.8 Å². The van der Waals surface area contributed by atoms with Gasteiger partial charge in [-0.2, -0.15) is 4.99 Å². The molecule has 0 aliphatic carbocycles. The zero-order valence-corrected chi connectivity index (χ0v) is 15.8. The molecule has 2 aliphatic heterocycles. The van der Waals surface area contributed by atoms with Crippen molar-refractivity contribution in [2.75, 3.05) is 6.54 Å². The first-order valence-corrected chi connectivity index (χ1v) is 8.93. The highest BCUT2D eigenvalue weighted by Crippen LogP contribution is 2.32. The van der Waals surface area contributed by atoms with E-state index < -0.39 is 23.6 Å². The molecular weight excluding hydrogens is 336 g/mol. The van der Waals surface area contributed by atoms with Crippen LogP contribution in [0.25, 0.3) is 0 Å². The number of amidine groups is 1. The van der Waals surface area contributed by atoms with Gasteiger partial charge in [-0.25, -0.2) is 0 Å². The summed E-state index contributed by atoms with van der Waals surface area (Å²) < 4.78 is 5.35. The molecule has 1 aromatic rings. The van der Waals surface area contributed by atoms with Crippen LogP contribution in [0.1, 0.15) is 51.5 Å². The smallest absolute Gasteiger partial charge is 0.272 e. The normalized spacial score (nSPS) is 26.2. The van der Waals surface area contributed by atoms with Gasteiger partial charge in [-0.05, 0) is 26.7 Å². The Hall–Kier alpha value is -2.22. The number of β-amino-alcohol motifs (C(OH)–C–C–N with tert-alkyl or cyclic N) is 1. The number of aliphatic hydroxyl groups excluding tert-OH is 1. The molecule has 0 unspecified atom stereocenters. The average molecular weight is 362 g/mol. The van der Waals surface area contributed by atoms with Crippen LogP contribution >= 0.6 is 0 Å². The molecule has 2 N–H and O–H groups in total. The average Bonchev–Trinajstić information content (AvgIpc) is 3.18. The van der Waals surface area contributed by atoms with Crippen molar-refractivity contribution < 1.29 is 19.2 Å². The first-order chi connectivity index (χ1) is 12.1. The monoisotopic (exact) mass is 362 g/mol. The van der Waals surface area contributed by atoms with Gasteiger partial charge < -0.3 is 19.8 Å². The topological polar surface area (TPSA) is 108 Å². The van der Waals surface area contributed by atoms with E-state index in [0.717, 1.165) is 0 Å². The van der Waals surface area contributed by atoms with Crippen LogP contribution in [0.4, 0.5) is 0 Å². The Morgan fingerprint density at radius 1 is 1.46 bits per heavy atom. The third-order valence-electron chi connectivity index (χ3n) is 4.96. The number of amides is 2. The Labute approximate surface area is 152 Å². The van der Waals surface area contributed by atoms with Crippen molar-refractivity contribution in [2.24, 2.45) is 10.9 Å². The molecule has 8 heteroatoms. The molecule has 2 amide bonds. The Balaban J connectivity index is 1.89. The van der Waals surface area contributed by atoms with Gasteiger partial charge in [0.2, 0.25) is 5.91 Å². The van der Waals surface area contributed by atoms with E-state index in [0.29, 0.717) is 23.7 Å². The highest BCUT2D eigenvalue weighted by molar-refractivity contribution is 6.09. The lowest BCUT2D eigenvalue weighted by Crippen LogP contribution is -2.51. The van der Waals surface area contributed by atoms with E-state index in [4.69, 9.17) is 4.52 Å². The Morgan fingerprint density at radius 3 is 2.65 bits per heavy atom. The number of aliphatic imine (C=N–C) groups is 1. The number of aryl methyl sites for hydroxylation is 1. The van der Waals surface area contributed by atoms with E-state index in [1.54, 1.807) is 24.8 Å². The van der Waals surface area contributed by atoms with Crippen molar-refractivity contribution in [3.8, 4) is 0 Å².